The predicted octanol–water partition coefficient (Wildman–Crippen LogP) is 4.35. The third-order valence-corrected chi connectivity index (χ3v) is 5.88. The van der Waals surface area contributed by atoms with Gasteiger partial charge in [-0.15, -0.1) is 21.5 Å². The van der Waals surface area contributed by atoms with Gasteiger partial charge in [0.15, 0.2) is 9.99 Å². The average Bonchev–Trinajstić information content (AvgIpc) is 3.18. The third-order valence-electron chi connectivity index (χ3n) is 3.82. The summed E-state index contributed by atoms with van der Waals surface area (Å²) in [5, 5.41) is 9.39. The average molecular weight is 349 g/mol. The van der Waals surface area contributed by atoms with Crippen molar-refractivity contribution in [3.63, 3.8) is 0 Å². The van der Waals surface area contributed by atoms with Gasteiger partial charge in [-0.1, -0.05) is 24.3 Å². The van der Waals surface area contributed by atoms with Crippen LogP contribution >= 0.6 is 23.1 Å². The molecule has 0 N–H and O–H groups in total. The van der Waals surface area contributed by atoms with Crippen LogP contribution in [0.15, 0.2) is 57.9 Å². The number of rotatable bonds is 2. The third kappa shape index (κ3) is 2.09. The molecular formula is C17H11N5S2. The Balaban J connectivity index is 1.72. The van der Waals surface area contributed by atoms with Gasteiger partial charge < -0.3 is 0 Å². The first kappa shape index (κ1) is 13.9. The number of aryl methyl sites for hydroxylation is 1. The zero-order chi connectivity index (χ0) is 16.1. The maximum absolute atomic E-state index is 4.79. The first-order valence-electron chi connectivity index (χ1n) is 7.43. The van der Waals surface area contributed by atoms with E-state index in [9.17, 15) is 0 Å². The molecule has 0 amide bonds. The second-order valence-electron chi connectivity index (χ2n) is 5.36. The van der Waals surface area contributed by atoms with Gasteiger partial charge in [0.1, 0.15) is 10.9 Å². The van der Waals surface area contributed by atoms with Crippen LogP contribution in [-0.2, 0) is 0 Å². The van der Waals surface area contributed by atoms with E-state index in [1.807, 2.05) is 49.4 Å². The summed E-state index contributed by atoms with van der Waals surface area (Å²) in [6, 6.07) is 16.2. The number of thiazole rings is 1. The highest BCUT2D eigenvalue weighted by atomic mass is 32.2. The molecule has 0 atom stereocenters. The summed E-state index contributed by atoms with van der Waals surface area (Å²) >= 11 is 3.21. The van der Waals surface area contributed by atoms with Gasteiger partial charge >= 0.3 is 0 Å². The number of fused-ring (bicyclic) bond motifs is 4. The molecule has 5 rings (SSSR count). The molecule has 0 aliphatic rings. The zero-order valence-electron chi connectivity index (χ0n) is 12.7. The first-order valence-corrected chi connectivity index (χ1v) is 9.07. The summed E-state index contributed by atoms with van der Waals surface area (Å²) in [6.45, 7) is 1.96. The molecule has 0 spiro atoms. The minimum absolute atomic E-state index is 0.774. The molecule has 116 valence electrons. The van der Waals surface area contributed by atoms with Gasteiger partial charge in [-0.05, 0) is 43.0 Å². The Labute approximate surface area is 145 Å². The van der Waals surface area contributed by atoms with Crippen molar-refractivity contribution in [2.45, 2.75) is 16.3 Å². The second kappa shape index (κ2) is 5.25. The molecular weight excluding hydrogens is 338 g/mol. The first-order chi connectivity index (χ1) is 11.8. The molecule has 0 bridgehead atoms. The molecule has 0 fully saturated rings. The highest BCUT2D eigenvalue weighted by Gasteiger charge is 2.15. The van der Waals surface area contributed by atoms with Crippen molar-refractivity contribution >= 4 is 50.0 Å². The van der Waals surface area contributed by atoms with Gasteiger partial charge in [-0.3, -0.25) is 4.40 Å². The van der Waals surface area contributed by atoms with Crippen molar-refractivity contribution in [2.75, 3.05) is 0 Å². The van der Waals surface area contributed by atoms with Crippen LogP contribution in [0.1, 0.15) is 5.82 Å². The van der Waals surface area contributed by atoms with E-state index in [4.69, 9.17) is 4.98 Å². The zero-order valence-corrected chi connectivity index (χ0v) is 14.3. The van der Waals surface area contributed by atoms with Gasteiger partial charge in [-0.25, -0.2) is 9.97 Å². The monoisotopic (exact) mass is 349 g/mol. The summed E-state index contributed by atoms with van der Waals surface area (Å²) in [7, 11) is 0. The quantitative estimate of drug-likeness (QED) is 0.474. The molecule has 3 aromatic heterocycles. The lowest BCUT2D eigenvalue weighted by Gasteiger charge is -2.05. The van der Waals surface area contributed by atoms with Crippen LogP contribution in [0.3, 0.4) is 0 Å². The molecule has 5 aromatic rings. The van der Waals surface area contributed by atoms with Crippen molar-refractivity contribution in [1.29, 1.82) is 0 Å². The summed E-state index contributed by atoms with van der Waals surface area (Å²) in [4.78, 5) is 9.47. The van der Waals surface area contributed by atoms with E-state index in [1.165, 1.54) is 4.70 Å². The van der Waals surface area contributed by atoms with Crippen LogP contribution in [0.25, 0.3) is 26.9 Å². The van der Waals surface area contributed by atoms with Crippen LogP contribution in [0.4, 0.5) is 0 Å². The normalized spacial score (nSPS) is 11.7. The molecule has 0 saturated carbocycles. The second-order valence-corrected chi connectivity index (χ2v) is 7.63. The Bertz CT molecular complexity index is 1170. The number of para-hydroxylation sites is 3. The molecule has 0 aliphatic carbocycles. The number of hydrogen-bond donors (Lipinski definition) is 0. The SMILES string of the molecule is Cc1nnc2c(Sc3nc4ccccc4s3)nc3ccccc3n12. The Kier molecular flexibility index (Phi) is 3.04. The molecule has 0 radical (unpaired) electrons. The summed E-state index contributed by atoms with van der Waals surface area (Å²) in [6.07, 6.45) is 0. The summed E-state index contributed by atoms with van der Waals surface area (Å²) < 4.78 is 4.19. The molecule has 0 unspecified atom stereocenters. The number of benzene rings is 2. The fourth-order valence-corrected chi connectivity index (χ4v) is 4.79. The Morgan fingerprint density at radius 3 is 2.58 bits per heavy atom. The van der Waals surface area contributed by atoms with Crippen LogP contribution in [0, 0.1) is 6.92 Å². The van der Waals surface area contributed by atoms with Crippen LogP contribution in [0.5, 0.6) is 0 Å². The van der Waals surface area contributed by atoms with Crippen molar-refractivity contribution in [1.82, 2.24) is 24.6 Å². The minimum atomic E-state index is 0.774. The van der Waals surface area contributed by atoms with Gasteiger partial charge in [0.2, 0.25) is 0 Å². The topological polar surface area (TPSA) is 56.0 Å². The van der Waals surface area contributed by atoms with E-state index in [-0.39, 0.29) is 0 Å². The minimum Gasteiger partial charge on any atom is -0.275 e. The standard InChI is InChI=1S/C17H11N5S2/c1-10-20-21-15-16(18-11-6-2-4-8-13(11)22(10)15)24-17-19-12-7-3-5-9-14(12)23-17/h2-9H,1H3. The van der Waals surface area contributed by atoms with Crippen molar-refractivity contribution in [2.24, 2.45) is 0 Å². The largest absolute Gasteiger partial charge is 0.275 e. The molecule has 2 aromatic carbocycles. The van der Waals surface area contributed by atoms with Gasteiger partial charge in [-0.2, -0.15) is 0 Å². The smallest absolute Gasteiger partial charge is 0.194 e. The predicted molar refractivity (Wildman–Crippen MR) is 96.8 cm³/mol. The molecule has 24 heavy (non-hydrogen) atoms. The lowest BCUT2D eigenvalue weighted by molar-refractivity contribution is 1.02. The Morgan fingerprint density at radius 2 is 1.71 bits per heavy atom. The number of nitrogens with zero attached hydrogens (tertiary/aromatic N) is 5. The van der Waals surface area contributed by atoms with E-state index in [2.05, 4.69) is 25.6 Å². The van der Waals surface area contributed by atoms with Crippen LogP contribution in [0.2, 0.25) is 0 Å². The molecule has 0 saturated heterocycles. The van der Waals surface area contributed by atoms with E-state index >= 15 is 0 Å². The maximum Gasteiger partial charge on any atom is 0.194 e. The van der Waals surface area contributed by atoms with Crippen LogP contribution < -0.4 is 0 Å². The molecule has 7 heteroatoms. The van der Waals surface area contributed by atoms with Gasteiger partial charge in [0, 0.05) is 0 Å². The van der Waals surface area contributed by atoms with E-state index in [0.29, 0.717) is 0 Å². The van der Waals surface area contributed by atoms with E-state index < -0.39 is 0 Å². The summed E-state index contributed by atoms with van der Waals surface area (Å²) in [5.41, 5.74) is 3.73. The molecule has 0 aliphatic heterocycles. The Morgan fingerprint density at radius 1 is 0.917 bits per heavy atom. The van der Waals surface area contributed by atoms with E-state index in [1.54, 1.807) is 23.1 Å². The van der Waals surface area contributed by atoms with Crippen molar-refractivity contribution in [3.8, 4) is 0 Å². The highest BCUT2D eigenvalue weighted by Crippen LogP contribution is 2.35. The number of hydrogen-bond acceptors (Lipinski definition) is 6. The van der Waals surface area contributed by atoms with E-state index in [0.717, 1.165) is 37.4 Å². The number of aromatic nitrogens is 5. The lowest BCUT2D eigenvalue weighted by atomic mass is 10.3. The molecule has 5 nitrogen and oxygen atoms in total. The maximum atomic E-state index is 4.79. The fraction of sp³-hybridized carbons (Fsp3) is 0.0588. The molecule has 3 heterocycles. The highest BCUT2D eigenvalue weighted by molar-refractivity contribution is 8.01. The van der Waals surface area contributed by atoms with Crippen LogP contribution in [-0.4, -0.2) is 24.6 Å². The van der Waals surface area contributed by atoms with Gasteiger partial charge in [0.25, 0.3) is 0 Å². The van der Waals surface area contributed by atoms with Crippen molar-refractivity contribution in [3.05, 3.63) is 54.4 Å². The summed E-state index contributed by atoms with van der Waals surface area (Å²) in [5.74, 6) is 0.856. The van der Waals surface area contributed by atoms with Crippen molar-refractivity contribution < 1.29 is 0 Å². The van der Waals surface area contributed by atoms with Gasteiger partial charge in [0.05, 0.1) is 21.3 Å². The lowest BCUT2D eigenvalue weighted by Crippen LogP contribution is -1.96. The Hall–Kier alpha value is -2.51. The fourth-order valence-electron chi connectivity index (χ4n) is 2.74.